The average molecular weight is 376 g/mol. The molecule has 2 rings (SSSR count). The van der Waals surface area contributed by atoms with Crippen molar-refractivity contribution in [1.29, 1.82) is 0 Å². The maximum Gasteiger partial charge on any atom is 0.387 e. The Morgan fingerprint density at radius 1 is 0.667 bits per heavy atom. The van der Waals surface area contributed by atoms with E-state index in [-0.39, 0.29) is 5.75 Å². The summed E-state index contributed by atoms with van der Waals surface area (Å²) in [6.45, 7) is 0.188. The lowest BCUT2D eigenvalue weighted by Gasteiger charge is -2.08. The molecule has 0 N–H and O–H groups in total. The Hall–Kier alpha value is -2.10. The van der Waals surface area contributed by atoms with Crippen molar-refractivity contribution in [2.75, 3.05) is 6.61 Å². The van der Waals surface area contributed by atoms with Crippen molar-refractivity contribution in [1.82, 2.24) is 0 Å². The predicted molar refractivity (Wildman–Crippen MR) is 107 cm³/mol. The van der Waals surface area contributed by atoms with Gasteiger partial charge in [0, 0.05) is 0 Å². The number of unbranched alkanes of at least 4 members (excludes halogenated alkanes) is 7. The first-order valence-corrected chi connectivity index (χ1v) is 9.97. The molecule has 0 aliphatic heterocycles. The lowest BCUT2D eigenvalue weighted by Crippen LogP contribution is -2.01. The van der Waals surface area contributed by atoms with E-state index in [1.54, 1.807) is 24.3 Å². The highest BCUT2D eigenvalue weighted by atomic mass is 19.3. The van der Waals surface area contributed by atoms with Crippen molar-refractivity contribution in [3.8, 4) is 22.6 Å². The smallest absolute Gasteiger partial charge is 0.387 e. The Kier molecular flexibility index (Phi) is 9.67. The molecule has 0 fully saturated rings. The fraction of sp³-hybridized carbons (Fsp3) is 0.478. The molecular weight excluding hydrogens is 346 g/mol. The number of hydrogen-bond acceptors (Lipinski definition) is 2. The molecule has 148 valence electrons. The number of rotatable bonds is 13. The van der Waals surface area contributed by atoms with E-state index in [0.29, 0.717) is 0 Å². The average Bonchev–Trinajstić information content (AvgIpc) is 2.67. The van der Waals surface area contributed by atoms with Gasteiger partial charge in [-0.2, -0.15) is 8.78 Å². The third-order valence-electron chi connectivity index (χ3n) is 4.53. The van der Waals surface area contributed by atoms with Gasteiger partial charge in [0.1, 0.15) is 11.5 Å². The third kappa shape index (κ3) is 8.42. The second-order valence-electron chi connectivity index (χ2n) is 6.75. The topological polar surface area (TPSA) is 18.5 Å². The Bertz CT molecular complexity index is 624. The van der Waals surface area contributed by atoms with Gasteiger partial charge in [0.05, 0.1) is 6.61 Å². The molecule has 0 aliphatic carbocycles. The summed E-state index contributed by atoms with van der Waals surface area (Å²) in [4.78, 5) is 0. The number of halogens is 2. The van der Waals surface area contributed by atoms with Crippen LogP contribution >= 0.6 is 0 Å². The summed E-state index contributed by atoms with van der Waals surface area (Å²) in [5.41, 5.74) is 1.96. The maximum atomic E-state index is 12.2. The van der Waals surface area contributed by atoms with Gasteiger partial charge in [-0.25, -0.2) is 0 Å². The zero-order chi connectivity index (χ0) is 19.3. The second-order valence-corrected chi connectivity index (χ2v) is 6.75. The summed E-state index contributed by atoms with van der Waals surface area (Å²) in [5.74, 6) is 1.03. The molecule has 4 heteroatoms. The summed E-state index contributed by atoms with van der Waals surface area (Å²) in [7, 11) is 0. The summed E-state index contributed by atoms with van der Waals surface area (Å²) in [6.07, 6.45) is 10.3. The van der Waals surface area contributed by atoms with E-state index < -0.39 is 6.61 Å². The van der Waals surface area contributed by atoms with Crippen molar-refractivity contribution < 1.29 is 18.3 Å². The van der Waals surface area contributed by atoms with Crippen molar-refractivity contribution in [2.45, 2.75) is 64.9 Å². The fourth-order valence-electron chi connectivity index (χ4n) is 3.00. The highest BCUT2D eigenvalue weighted by molar-refractivity contribution is 5.64. The quantitative estimate of drug-likeness (QED) is 0.337. The fourth-order valence-corrected chi connectivity index (χ4v) is 3.00. The molecule has 0 unspecified atom stereocenters. The lowest BCUT2D eigenvalue weighted by molar-refractivity contribution is -0.0498. The van der Waals surface area contributed by atoms with Crippen LogP contribution in [0.4, 0.5) is 8.78 Å². The van der Waals surface area contributed by atoms with E-state index in [2.05, 4.69) is 11.7 Å². The van der Waals surface area contributed by atoms with Gasteiger partial charge < -0.3 is 9.47 Å². The van der Waals surface area contributed by atoms with Gasteiger partial charge in [-0.1, -0.05) is 76.1 Å². The second kappa shape index (κ2) is 12.3. The zero-order valence-corrected chi connectivity index (χ0v) is 16.1. The summed E-state index contributed by atoms with van der Waals surface area (Å²) < 4.78 is 34.5. The first-order chi connectivity index (χ1) is 13.2. The highest BCUT2D eigenvalue weighted by Crippen LogP contribution is 2.25. The van der Waals surface area contributed by atoms with Crippen molar-refractivity contribution in [3.05, 3.63) is 48.5 Å². The van der Waals surface area contributed by atoms with E-state index in [9.17, 15) is 8.78 Å². The Morgan fingerprint density at radius 2 is 1.15 bits per heavy atom. The standard InChI is InChI=1S/C23H30F2O2/c1-2-3-4-5-6-7-8-9-18-26-21-14-10-19(11-15-21)20-12-16-22(17-13-20)27-23(24)25/h10-17,23H,2-9,18H2,1H3. The van der Waals surface area contributed by atoms with Crippen molar-refractivity contribution in [2.24, 2.45) is 0 Å². The first kappa shape index (κ1) is 21.2. The van der Waals surface area contributed by atoms with Gasteiger partial charge >= 0.3 is 6.61 Å². The van der Waals surface area contributed by atoms with Crippen LogP contribution < -0.4 is 9.47 Å². The van der Waals surface area contributed by atoms with E-state index >= 15 is 0 Å². The Balaban J connectivity index is 1.67. The SMILES string of the molecule is CCCCCCCCCCOc1ccc(-c2ccc(OC(F)F)cc2)cc1. The van der Waals surface area contributed by atoms with Gasteiger partial charge in [-0.15, -0.1) is 0 Å². The normalized spacial score (nSPS) is 11.0. The molecule has 0 atom stereocenters. The predicted octanol–water partition coefficient (Wildman–Crippen LogP) is 7.47. The van der Waals surface area contributed by atoms with Gasteiger partial charge in [0.15, 0.2) is 0 Å². The summed E-state index contributed by atoms with van der Waals surface area (Å²) in [6, 6.07) is 14.5. The number of alkyl halides is 2. The van der Waals surface area contributed by atoms with Crippen LogP contribution in [-0.2, 0) is 0 Å². The third-order valence-corrected chi connectivity index (χ3v) is 4.53. The van der Waals surface area contributed by atoms with Crippen LogP contribution in [0.15, 0.2) is 48.5 Å². The molecule has 0 bridgehead atoms. The molecule has 2 aromatic rings. The van der Waals surface area contributed by atoms with Crippen molar-refractivity contribution >= 4 is 0 Å². The van der Waals surface area contributed by atoms with Gasteiger partial charge in [-0.05, 0) is 41.8 Å². The van der Waals surface area contributed by atoms with E-state index in [0.717, 1.165) is 29.9 Å². The van der Waals surface area contributed by atoms with Gasteiger partial charge in [0.2, 0.25) is 0 Å². The minimum Gasteiger partial charge on any atom is -0.494 e. The highest BCUT2D eigenvalue weighted by Gasteiger charge is 2.05. The van der Waals surface area contributed by atoms with E-state index in [4.69, 9.17) is 4.74 Å². The van der Waals surface area contributed by atoms with E-state index in [1.807, 2.05) is 24.3 Å². The van der Waals surface area contributed by atoms with Gasteiger partial charge in [-0.3, -0.25) is 0 Å². The van der Waals surface area contributed by atoms with Crippen LogP contribution in [0.25, 0.3) is 11.1 Å². The van der Waals surface area contributed by atoms with Crippen LogP contribution in [0, 0.1) is 0 Å². The molecule has 0 spiro atoms. The van der Waals surface area contributed by atoms with Crippen LogP contribution in [0.1, 0.15) is 58.3 Å². The monoisotopic (exact) mass is 376 g/mol. The Morgan fingerprint density at radius 3 is 1.67 bits per heavy atom. The largest absolute Gasteiger partial charge is 0.494 e. The van der Waals surface area contributed by atoms with Crippen LogP contribution in [0.2, 0.25) is 0 Å². The minimum absolute atomic E-state index is 0.166. The van der Waals surface area contributed by atoms with Gasteiger partial charge in [0.25, 0.3) is 0 Å². The Labute approximate surface area is 161 Å². The number of hydrogen-bond donors (Lipinski definition) is 0. The summed E-state index contributed by atoms with van der Waals surface area (Å²) >= 11 is 0. The molecule has 0 aliphatic rings. The molecular formula is C23H30F2O2. The zero-order valence-electron chi connectivity index (χ0n) is 16.1. The lowest BCUT2D eigenvalue weighted by atomic mass is 10.1. The first-order valence-electron chi connectivity index (χ1n) is 9.97. The molecule has 0 heterocycles. The summed E-state index contributed by atoms with van der Waals surface area (Å²) in [5, 5.41) is 0. The number of benzene rings is 2. The molecule has 0 saturated carbocycles. The molecule has 0 radical (unpaired) electrons. The molecule has 2 aromatic carbocycles. The molecule has 0 amide bonds. The number of ether oxygens (including phenoxy) is 2. The van der Waals surface area contributed by atoms with Crippen molar-refractivity contribution in [3.63, 3.8) is 0 Å². The molecule has 0 saturated heterocycles. The van der Waals surface area contributed by atoms with E-state index in [1.165, 1.54) is 44.9 Å². The molecule has 27 heavy (non-hydrogen) atoms. The minimum atomic E-state index is -2.80. The maximum absolute atomic E-state index is 12.2. The van der Waals surface area contributed by atoms with Crippen LogP contribution in [0.5, 0.6) is 11.5 Å². The van der Waals surface area contributed by atoms with Crippen LogP contribution in [0.3, 0.4) is 0 Å². The van der Waals surface area contributed by atoms with Crippen LogP contribution in [-0.4, -0.2) is 13.2 Å². The molecule has 0 aromatic heterocycles. The molecule has 2 nitrogen and oxygen atoms in total.